The minimum Gasteiger partial charge on any atom is -0.394 e. The van der Waals surface area contributed by atoms with Gasteiger partial charge in [-0.25, -0.2) is 0 Å². The van der Waals surface area contributed by atoms with Crippen molar-refractivity contribution >= 4 is 17.7 Å². The first-order chi connectivity index (χ1) is 13.1. The molecule has 0 aliphatic carbocycles. The Hall–Kier alpha value is -1.85. The van der Waals surface area contributed by atoms with Gasteiger partial charge in [0.25, 0.3) is 11.8 Å². The lowest BCUT2D eigenvalue weighted by atomic mass is 10.3. The largest absolute Gasteiger partial charge is 0.394 e. The fourth-order valence-corrected chi connectivity index (χ4v) is 2.04. The molecule has 3 amide bonds. The first-order valence-corrected chi connectivity index (χ1v) is 8.87. The third kappa shape index (κ3) is 11.5. The molecular weight excluding hydrogens is 360 g/mol. The number of aliphatic hydroxyl groups excluding tert-OH is 1. The first kappa shape index (κ1) is 23.2. The molecule has 0 saturated heterocycles. The minimum atomic E-state index is -0.392. The van der Waals surface area contributed by atoms with E-state index in [2.05, 4.69) is 5.32 Å². The maximum Gasteiger partial charge on any atom is 0.253 e. The molecule has 0 spiro atoms. The van der Waals surface area contributed by atoms with Crippen LogP contribution in [0.15, 0.2) is 12.2 Å². The predicted octanol–water partition coefficient (Wildman–Crippen LogP) is -1.52. The van der Waals surface area contributed by atoms with Gasteiger partial charge in [0.1, 0.15) is 0 Å². The van der Waals surface area contributed by atoms with Crippen LogP contribution in [-0.4, -0.2) is 100 Å². The normalized spacial score (nSPS) is 13.6. The molecule has 1 aliphatic heterocycles. The summed E-state index contributed by atoms with van der Waals surface area (Å²) in [4.78, 5) is 35.3. The molecule has 0 aromatic carbocycles. The summed E-state index contributed by atoms with van der Waals surface area (Å²) in [6, 6.07) is 0. The molecule has 1 rings (SSSR count). The summed E-state index contributed by atoms with van der Waals surface area (Å²) in [7, 11) is 0. The van der Waals surface area contributed by atoms with Gasteiger partial charge in [0, 0.05) is 31.7 Å². The molecule has 1 heterocycles. The standard InChI is InChI=1S/C17H28N2O8/c20-6-8-25-10-12-27-14-13-26-11-9-24-7-4-18-15(21)3-5-19-16(22)1-2-17(19)23/h1-2,20H,3-14H2,(H,18,21). The van der Waals surface area contributed by atoms with E-state index in [0.29, 0.717) is 59.4 Å². The predicted molar refractivity (Wildman–Crippen MR) is 93.8 cm³/mol. The van der Waals surface area contributed by atoms with E-state index in [1.807, 2.05) is 0 Å². The number of carbonyl (C=O) groups is 3. The summed E-state index contributed by atoms with van der Waals surface area (Å²) in [6.45, 7) is 3.69. The smallest absolute Gasteiger partial charge is 0.253 e. The molecule has 27 heavy (non-hydrogen) atoms. The lowest BCUT2D eigenvalue weighted by Gasteiger charge is -2.13. The highest BCUT2D eigenvalue weighted by molar-refractivity contribution is 6.13. The van der Waals surface area contributed by atoms with Crippen LogP contribution >= 0.6 is 0 Å². The number of carbonyl (C=O) groups excluding carboxylic acids is 3. The SMILES string of the molecule is O=C(CCN1C(=O)C=CC1=O)NCCOCCOCCOCCOCCO. The maximum atomic E-state index is 11.6. The highest BCUT2D eigenvalue weighted by Crippen LogP contribution is 2.03. The highest BCUT2D eigenvalue weighted by atomic mass is 16.6. The second kappa shape index (κ2) is 15.2. The van der Waals surface area contributed by atoms with Crippen LogP contribution in [0.1, 0.15) is 6.42 Å². The van der Waals surface area contributed by atoms with Crippen LogP contribution in [0, 0.1) is 0 Å². The Bertz CT molecular complexity index is 466. The number of hydrogen-bond acceptors (Lipinski definition) is 8. The molecule has 0 aromatic rings. The van der Waals surface area contributed by atoms with Gasteiger partial charge in [-0.1, -0.05) is 0 Å². The Morgan fingerprint density at radius 3 is 1.85 bits per heavy atom. The van der Waals surface area contributed by atoms with Crippen molar-refractivity contribution < 1.29 is 38.4 Å². The van der Waals surface area contributed by atoms with Crippen LogP contribution in [0.25, 0.3) is 0 Å². The van der Waals surface area contributed by atoms with Crippen molar-refractivity contribution in [3.05, 3.63) is 12.2 Å². The molecule has 10 nitrogen and oxygen atoms in total. The van der Waals surface area contributed by atoms with Gasteiger partial charge in [0.2, 0.25) is 5.91 Å². The topological polar surface area (TPSA) is 124 Å². The number of rotatable bonds is 17. The van der Waals surface area contributed by atoms with Gasteiger partial charge >= 0.3 is 0 Å². The van der Waals surface area contributed by atoms with Gasteiger partial charge in [0.15, 0.2) is 0 Å². The van der Waals surface area contributed by atoms with Crippen LogP contribution in [0.3, 0.4) is 0 Å². The lowest BCUT2D eigenvalue weighted by Crippen LogP contribution is -2.35. The fraction of sp³-hybridized carbons (Fsp3) is 0.706. The summed E-state index contributed by atoms with van der Waals surface area (Å²) in [5.41, 5.74) is 0. The van der Waals surface area contributed by atoms with Crippen molar-refractivity contribution in [1.82, 2.24) is 10.2 Å². The molecule has 0 saturated carbocycles. The molecule has 0 radical (unpaired) electrons. The molecule has 0 atom stereocenters. The molecule has 2 N–H and O–H groups in total. The van der Waals surface area contributed by atoms with Gasteiger partial charge in [-0.2, -0.15) is 0 Å². The van der Waals surface area contributed by atoms with Crippen molar-refractivity contribution in [3.63, 3.8) is 0 Å². The summed E-state index contributed by atoms with van der Waals surface area (Å²) >= 11 is 0. The number of nitrogens with one attached hydrogen (secondary N) is 1. The van der Waals surface area contributed by atoms with E-state index in [1.54, 1.807) is 0 Å². The fourth-order valence-electron chi connectivity index (χ4n) is 2.04. The molecule has 0 bridgehead atoms. The van der Waals surface area contributed by atoms with Gasteiger partial charge in [-0.05, 0) is 0 Å². The molecule has 0 unspecified atom stereocenters. The second-order valence-corrected chi connectivity index (χ2v) is 5.43. The quantitative estimate of drug-likeness (QED) is 0.227. The van der Waals surface area contributed by atoms with Crippen molar-refractivity contribution in [2.75, 3.05) is 72.6 Å². The molecular formula is C17H28N2O8. The molecule has 154 valence electrons. The van der Waals surface area contributed by atoms with Crippen LogP contribution in [0.5, 0.6) is 0 Å². The van der Waals surface area contributed by atoms with Crippen LogP contribution < -0.4 is 5.32 Å². The molecule has 1 aliphatic rings. The van der Waals surface area contributed by atoms with Crippen molar-refractivity contribution in [2.45, 2.75) is 6.42 Å². The maximum absolute atomic E-state index is 11.6. The van der Waals surface area contributed by atoms with E-state index in [4.69, 9.17) is 24.1 Å². The van der Waals surface area contributed by atoms with Gasteiger partial charge in [0.05, 0.1) is 59.5 Å². The number of hydrogen-bond donors (Lipinski definition) is 2. The first-order valence-electron chi connectivity index (χ1n) is 8.87. The summed E-state index contributed by atoms with van der Waals surface area (Å²) in [6.07, 6.45) is 2.44. The zero-order valence-corrected chi connectivity index (χ0v) is 15.4. The molecule has 10 heteroatoms. The average molecular weight is 388 g/mol. The van der Waals surface area contributed by atoms with Crippen LogP contribution in [-0.2, 0) is 33.3 Å². The Morgan fingerprint density at radius 2 is 1.33 bits per heavy atom. The van der Waals surface area contributed by atoms with E-state index >= 15 is 0 Å². The van der Waals surface area contributed by atoms with Crippen molar-refractivity contribution in [2.24, 2.45) is 0 Å². The molecule has 0 fully saturated rings. The van der Waals surface area contributed by atoms with E-state index < -0.39 is 11.8 Å². The third-order valence-electron chi connectivity index (χ3n) is 3.38. The Balaban J connectivity index is 1.81. The Morgan fingerprint density at radius 1 is 0.852 bits per heavy atom. The van der Waals surface area contributed by atoms with Gasteiger partial charge < -0.3 is 29.4 Å². The van der Waals surface area contributed by atoms with E-state index in [0.717, 1.165) is 4.90 Å². The zero-order valence-electron chi connectivity index (χ0n) is 15.4. The van der Waals surface area contributed by atoms with Crippen molar-refractivity contribution in [1.29, 1.82) is 0 Å². The van der Waals surface area contributed by atoms with Gasteiger partial charge in [-0.15, -0.1) is 0 Å². The number of ether oxygens (including phenoxy) is 4. The van der Waals surface area contributed by atoms with E-state index in [9.17, 15) is 14.4 Å². The third-order valence-corrected chi connectivity index (χ3v) is 3.38. The van der Waals surface area contributed by atoms with E-state index in [-0.39, 0.29) is 25.5 Å². The van der Waals surface area contributed by atoms with Crippen LogP contribution in [0.4, 0.5) is 0 Å². The second-order valence-electron chi connectivity index (χ2n) is 5.43. The lowest BCUT2D eigenvalue weighted by molar-refractivity contribution is -0.137. The highest BCUT2D eigenvalue weighted by Gasteiger charge is 2.23. The summed E-state index contributed by atoms with van der Waals surface area (Å²) < 4.78 is 20.9. The van der Waals surface area contributed by atoms with E-state index in [1.165, 1.54) is 12.2 Å². The number of amides is 3. The number of nitrogens with zero attached hydrogens (tertiary/aromatic N) is 1. The summed E-state index contributed by atoms with van der Waals surface area (Å²) in [5.74, 6) is -1.03. The summed E-state index contributed by atoms with van der Waals surface area (Å²) in [5, 5.41) is 11.2. The monoisotopic (exact) mass is 388 g/mol. The van der Waals surface area contributed by atoms with Crippen molar-refractivity contribution in [3.8, 4) is 0 Å². The number of imide groups is 1. The Labute approximate surface area is 158 Å². The van der Waals surface area contributed by atoms with Gasteiger partial charge in [-0.3, -0.25) is 19.3 Å². The zero-order chi connectivity index (χ0) is 19.7. The molecule has 0 aromatic heterocycles. The van der Waals surface area contributed by atoms with Crippen LogP contribution in [0.2, 0.25) is 0 Å². The average Bonchev–Trinajstić information content (AvgIpc) is 2.98. The minimum absolute atomic E-state index is 0.00509. The Kier molecular flexibility index (Phi) is 13.1. The number of aliphatic hydroxyl groups is 1.